The zero-order chi connectivity index (χ0) is 17.7. The summed E-state index contributed by atoms with van der Waals surface area (Å²) in [6, 6.07) is 5.73. The van der Waals surface area contributed by atoms with E-state index in [4.69, 9.17) is 14.2 Å². The van der Waals surface area contributed by atoms with E-state index in [1.54, 1.807) is 19.2 Å². The molecule has 2 aliphatic rings. The highest BCUT2D eigenvalue weighted by Crippen LogP contribution is 2.36. The lowest BCUT2D eigenvalue weighted by molar-refractivity contribution is -0.154. The van der Waals surface area contributed by atoms with Crippen LogP contribution in [0.3, 0.4) is 0 Å². The van der Waals surface area contributed by atoms with Crippen molar-refractivity contribution in [3.05, 3.63) is 35.6 Å². The van der Waals surface area contributed by atoms with E-state index in [9.17, 15) is 9.18 Å². The van der Waals surface area contributed by atoms with Crippen LogP contribution in [0.1, 0.15) is 36.0 Å². The Morgan fingerprint density at radius 1 is 1.28 bits per heavy atom. The van der Waals surface area contributed by atoms with Gasteiger partial charge in [0.05, 0.1) is 24.9 Å². The molecule has 1 unspecified atom stereocenters. The predicted molar refractivity (Wildman–Crippen MR) is 91.1 cm³/mol. The normalized spacial score (nSPS) is 23.0. The summed E-state index contributed by atoms with van der Waals surface area (Å²) in [7, 11) is 1.67. The van der Waals surface area contributed by atoms with Gasteiger partial charge in [0.2, 0.25) is 0 Å². The van der Waals surface area contributed by atoms with Crippen molar-refractivity contribution < 1.29 is 23.4 Å². The highest BCUT2D eigenvalue weighted by atomic mass is 19.1. The van der Waals surface area contributed by atoms with Crippen LogP contribution in [-0.4, -0.2) is 62.5 Å². The Kier molecular flexibility index (Phi) is 6.04. The third kappa shape index (κ3) is 4.57. The lowest BCUT2D eigenvalue weighted by Crippen LogP contribution is -2.52. The van der Waals surface area contributed by atoms with Crippen LogP contribution in [0.4, 0.5) is 4.39 Å². The lowest BCUT2D eigenvalue weighted by Gasteiger charge is -2.46. The minimum Gasteiger partial charge on any atom is -0.382 e. The molecule has 1 amide bonds. The smallest absolute Gasteiger partial charge is 0.253 e. The van der Waals surface area contributed by atoms with Gasteiger partial charge in [-0.1, -0.05) is 0 Å². The summed E-state index contributed by atoms with van der Waals surface area (Å²) >= 11 is 0. The zero-order valence-corrected chi connectivity index (χ0v) is 14.7. The van der Waals surface area contributed by atoms with Gasteiger partial charge in [-0.15, -0.1) is 0 Å². The van der Waals surface area contributed by atoms with E-state index in [0.29, 0.717) is 38.5 Å². The second kappa shape index (κ2) is 8.25. The van der Waals surface area contributed by atoms with Gasteiger partial charge in [-0.25, -0.2) is 4.39 Å². The first-order valence-electron chi connectivity index (χ1n) is 8.91. The van der Waals surface area contributed by atoms with Crippen molar-refractivity contribution in [1.82, 2.24) is 4.90 Å². The van der Waals surface area contributed by atoms with Crippen LogP contribution in [0, 0.1) is 5.82 Å². The molecule has 5 nitrogen and oxygen atoms in total. The predicted octanol–water partition coefficient (Wildman–Crippen LogP) is 2.64. The number of halogens is 1. The molecule has 0 N–H and O–H groups in total. The monoisotopic (exact) mass is 351 g/mol. The van der Waals surface area contributed by atoms with Gasteiger partial charge in [0.25, 0.3) is 5.91 Å². The molecule has 1 spiro atoms. The van der Waals surface area contributed by atoms with Gasteiger partial charge in [0, 0.05) is 38.8 Å². The van der Waals surface area contributed by atoms with E-state index in [0.717, 1.165) is 25.7 Å². The molecule has 0 saturated carbocycles. The van der Waals surface area contributed by atoms with Crippen LogP contribution in [0.15, 0.2) is 24.3 Å². The third-order valence-corrected chi connectivity index (χ3v) is 5.14. The highest BCUT2D eigenvalue weighted by molar-refractivity contribution is 5.94. The number of ether oxygens (including phenoxy) is 3. The first-order valence-corrected chi connectivity index (χ1v) is 8.91. The van der Waals surface area contributed by atoms with E-state index >= 15 is 0 Å². The molecule has 0 bridgehead atoms. The highest BCUT2D eigenvalue weighted by Gasteiger charge is 2.41. The third-order valence-electron chi connectivity index (χ3n) is 5.14. The van der Waals surface area contributed by atoms with Crippen molar-refractivity contribution in [3.8, 4) is 0 Å². The second-order valence-electron chi connectivity index (χ2n) is 6.81. The van der Waals surface area contributed by atoms with Gasteiger partial charge < -0.3 is 19.1 Å². The van der Waals surface area contributed by atoms with Gasteiger partial charge in [0.15, 0.2) is 0 Å². The Morgan fingerprint density at radius 3 is 2.68 bits per heavy atom. The summed E-state index contributed by atoms with van der Waals surface area (Å²) in [5.41, 5.74) is 0.345. The molecule has 0 aromatic heterocycles. The molecule has 0 aliphatic carbocycles. The first-order chi connectivity index (χ1) is 12.1. The Morgan fingerprint density at radius 2 is 2.00 bits per heavy atom. The van der Waals surface area contributed by atoms with E-state index in [1.165, 1.54) is 12.1 Å². The van der Waals surface area contributed by atoms with Gasteiger partial charge in [0.1, 0.15) is 5.82 Å². The van der Waals surface area contributed by atoms with Crippen molar-refractivity contribution in [2.75, 3.05) is 40.0 Å². The minimum absolute atomic E-state index is 0.0430. The van der Waals surface area contributed by atoms with Gasteiger partial charge in [-0.3, -0.25) is 4.79 Å². The second-order valence-corrected chi connectivity index (χ2v) is 6.81. The van der Waals surface area contributed by atoms with Crippen LogP contribution in [0.5, 0.6) is 0 Å². The fourth-order valence-corrected chi connectivity index (χ4v) is 3.66. The van der Waals surface area contributed by atoms with Crippen molar-refractivity contribution in [2.24, 2.45) is 0 Å². The number of carbonyl (C=O) groups excluding carboxylic acids is 1. The average Bonchev–Trinajstić information content (AvgIpc) is 2.63. The Bertz CT molecular complexity index is 569. The maximum atomic E-state index is 13.0. The molecule has 2 aliphatic heterocycles. The number of likely N-dealkylation sites (tertiary alicyclic amines) is 1. The molecule has 3 rings (SSSR count). The SMILES string of the molecule is COCCOC1CCOC2(CCN(C(=O)c3ccc(F)cc3)CC2)C1. The summed E-state index contributed by atoms with van der Waals surface area (Å²) in [5.74, 6) is -0.372. The van der Waals surface area contributed by atoms with Gasteiger partial charge >= 0.3 is 0 Å². The fourth-order valence-electron chi connectivity index (χ4n) is 3.66. The number of piperidine rings is 1. The van der Waals surface area contributed by atoms with Crippen molar-refractivity contribution in [2.45, 2.75) is 37.4 Å². The van der Waals surface area contributed by atoms with E-state index in [-0.39, 0.29) is 23.4 Å². The van der Waals surface area contributed by atoms with Crippen LogP contribution < -0.4 is 0 Å². The number of hydrogen-bond acceptors (Lipinski definition) is 4. The molecule has 138 valence electrons. The van der Waals surface area contributed by atoms with Crippen molar-refractivity contribution in [3.63, 3.8) is 0 Å². The molecule has 0 radical (unpaired) electrons. The Hall–Kier alpha value is -1.50. The molecular formula is C19H26FNO4. The molecule has 1 aromatic rings. The van der Waals surface area contributed by atoms with Crippen LogP contribution >= 0.6 is 0 Å². The fraction of sp³-hybridized carbons (Fsp3) is 0.632. The molecular weight excluding hydrogens is 325 g/mol. The lowest BCUT2D eigenvalue weighted by atomic mass is 9.83. The van der Waals surface area contributed by atoms with Crippen molar-refractivity contribution >= 4 is 5.91 Å². The molecule has 2 fully saturated rings. The number of methoxy groups -OCH3 is 1. The van der Waals surface area contributed by atoms with Crippen LogP contribution in [0.25, 0.3) is 0 Å². The number of benzene rings is 1. The first kappa shape index (κ1) is 18.3. The molecule has 1 atom stereocenters. The van der Waals surface area contributed by atoms with E-state index in [2.05, 4.69) is 0 Å². The molecule has 25 heavy (non-hydrogen) atoms. The molecule has 2 heterocycles. The number of amides is 1. The average molecular weight is 351 g/mol. The number of hydrogen-bond donors (Lipinski definition) is 0. The maximum absolute atomic E-state index is 13.0. The van der Waals surface area contributed by atoms with Crippen LogP contribution in [0.2, 0.25) is 0 Å². The molecule has 1 aromatic carbocycles. The van der Waals surface area contributed by atoms with Gasteiger partial charge in [-0.2, -0.15) is 0 Å². The largest absolute Gasteiger partial charge is 0.382 e. The quantitative estimate of drug-likeness (QED) is 0.765. The summed E-state index contributed by atoms with van der Waals surface area (Å²) in [6.45, 7) is 3.21. The molecule has 2 saturated heterocycles. The number of carbonyl (C=O) groups is 1. The summed E-state index contributed by atoms with van der Waals surface area (Å²) in [4.78, 5) is 14.4. The minimum atomic E-state index is -0.329. The summed E-state index contributed by atoms with van der Waals surface area (Å²) in [5, 5.41) is 0. The number of nitrogens with zero attached hydrogens (tertiary/aromatic N) is 1. The van der Waals surface area contributed by atoms with Crippen molar-refractivity contribution in [1.29, 1.82) is 0 Å². The van der Waals surface area contributed by atoms with E-state index < -0.39 is 0 Å². The zero-order valence-electron chi connectivity index (χ0n) is 14.7. The topological polar surface area (TPSA) is 48.0 Å². The van der Waals surface area contributed by atoms with Gasteiger partial charge in [-0.05, 0) is 43.5 Å². The maximum Gasteiger partial charge on any atom is 0.253 e. The Balaban J connectivity index is 1.53. The standard InChI is InChI=1S/C19H26FNO4/c1-23-12-13-24-17-6-11-25-19(14-17)7-9-21(10-8-19)18(22)15-2-4-16(20)5-3-15/h2-5,17H,6-14H2,1H3. The molecule has 6 heteroatoms. The summed E-state index contributed by atoms with van der Waals surface area (Å²) < 4.78 is 30.0. The van der Waals surface area contributed by atoms with Crippen LogP contribution in [-0.2, 0) is 14.2 Å². The van der Waals surface area contributed by atoms with E-state index in [1.807, 2.05) is 4.90 Å². The Labute approximate surface area is 148 Å². The summed E-state index contributed by atoms with van der Waals surface area (Å²) in [6.07, 6.45) is 3.59. The number of rotatable bonds is 5.